The maximum absolute atomic E-state index is 12.8. The quantitative estimate of drug-likeness (QED) is 0.584. The number of Topliss-reactive ketones (excluding diaryl/α,β-unsaturated/α-hetero) is 1. The van der Waals surface area contributed by atoms with Crippen LogP contribution in [0.25, 0.3) is 16.9 Å². The van der Waals surface area contributed by atoms with Crippen LogP contribution in [0.3, 0.4) is 0 Å². The fourth-order valence-corrected chi connectivity index (χ4v) is 2.62. The molecule has 0 aliphatic heterocycles. The van der Waals surface area contributed by atoms with Gasteiger partial charge in [-0.3, -0.25) is 4.79 Å². The number of ketones is 1. The molecule has 3 aromatic rings. The van der Waals surface area contributed by atoms with E-state index in [-0.39, 0.29) is 12.4 Å². The molecule has 29 heavy (non-hydrogen) atoms. The van der Waals surface area contributed by atoms with Crippen molar-refractivity contribution in [1.29, 1.82) is 0 Å². The van der Waals surface area contributed by atoms with Crippen molar-refractivity contribution in [2.24, 2.45) is 5.41 Å². The Labute approximate surface area is 170 Å². The number of para-hydroxylation sites is 1. The number of hydrogen-bond acceptors (Lipinski definition) is 5. The van der Waals surface area contributed by atoms with Crippen LogP contribution in [0, 0.1) is 5.41 Å². The van der Waals surface area contributed by atoms with Crippen molar-refractivity contribution in [2.75, 3.05) is 13.7 Å². The summed E-state index contributed by atoms with van der Waals surface area (Å²) < 4.78 is 12.1. The molecule has 1 aromatic heterocycles. The fraction of sp³-hybridized carbons (Fsp3) is 0.261. The van der Waals surface area contributed by atoms with Crippen molar-refractivity contribution in [3.8, 4) is 22.7 Å². The summed E-state index contributed by atoms with van der Waals surface area (Å²) in [6.45, 7) is 5.10. The Hall–Kier alpha value is -3.41. The smallest absolute Gasteiger partial charge is 0.342 e. The van der Waals surface area contributed by atoms with E-state index in [1.807, 2.05) is 42.5 Å². The van der Waals surface area contributed by atoms with E-state index in [0.29, 0.717) is 17.0 Å². The van der Waals surface area contributed by atoms with Crippen molar-refractivity contribution in [1.82, 2.24) is 9.78 Å². The molecule has 0 bridgehead atoms. The number of esters is 1. The molecule has 1 heterocycles. The third kappa shape index (κ3) is 4.71. The molecule has 0 aliphatic carbocycles. The minimum Gasteiger partial charge on any atom is -0.497 e. The van der Waals surface area contributed by atoms with Crippen LogP contribution in [0.5, 0.6) is 5.75 Å². The van der Waals surface area contributed by atoms with Crippen LogP contribution < -0.4 is 4.74 Å². The summed E-state index contributed by atoms with van der Waals surface area (Å²) in [7, 11) is 1.59. The Balaban J connectivity index is 1.96. The molecule has 0 aliphatic rings. The number of nitrogens with zero attached hydrogens (tertiary/aromatic N) is 2. The fourth-order valence-electron chi connectivity index (χ4n) is 2.62. The Morgan fingerprint density at radius 2 is 1.66 bits per heavy atom. The number of carbonyl (C=O) groups excluding carboxylic acids is 2. The van der Waals surface area contributed by atoms with E-state index in [0.717, 1.165) is 11.3 Å². The van der Waals surface area contributed by atoms with Gasteiger partial charge in [-0.2, -0.15) is 5.10 Å². The lowest BCUT2D eigenvalue weighted by molar-refractivity contribution is -0.129. The standard InChI is InChI=1S/C23H24N2O4/c1-23(2,3)20(26)15-29-22(27)19-14-25(17-8-6-5-7-9-17)24-21(19)16-10-12-18(28-4)13-11-16/h5-14H,15H2,1-4H3. The molecule has 0 N–H and O–H groups in total. The average Bonchev–Trinajstić information content (AvgIpc) is 3.17. The summed E-state index contributed by atoms with van der Waals surface area (Å²) in [5.74, 6) is -0.0287. The summed E-state index contributed by atoms with van der Waals surface area (Å²) in [5, 5.41) is 4.59. The molecule has 3 rings (SSSR count). The average molecular weight is 392 g/mol. The number of hydrogen-bond donors (Lipinski definition) is 0. The SMILES string of the molecule is COc1ccc(-c2nn(-c3ccccc3)cc2C(=O)OCC(=O)C(C)(C)C)cc1. The van der Waals surface area contributed by atoms with Gasteiger partial charge in [0.05, 0.1) is 12.8 Å². The molecule has 0 amide bonds. The molecule has 0 fully saturated rings. The Bertz CT molecular complexity index is 1000. The van der Waals surface area contributed by atoms with Gasteiger partial charge in [0.25, 0.3) is 0 Å². The van der Waals surface area contributed by atoms with Crippen LogP contribution in [0.2, 0.25) is 0 Å². The monoisotopic (exact) mass is 392 g/mol. The summed E-state index contributed by atoms with van der Waals surface area (Å²) in [5.41, 5.74) is 1.75. The molecular weight excluding hydrogens is 368 g/mol. The van der Waals surface area contributed by atoms with Crippen molar-refractivity contribution in [2.45, 2.75) is 20.8 Å². The van der Waals surface area contributed by atoms with Gasteiger partial charge in [0.2, 0.25) is 0 Å². The molecule has 150 valence electrons. The van der Waals surface area contributed by atoms with E-state index in [9.17, 15) is 9.59 Å². The first-order valence-electron chi connectivity index (χ1n) is 9.29. The number of benzene rings is 2. The van der Waals surface area contributed by atoms with E-state index < -0.39 is 11.4 Å². The van der Waals surface area contributed by atoms with E-state index >= 15 is 0 Å². The molecule has 0 spiro atoms. The third-order valence-electron chi connectivity index (χ3n) is 4.49. The Morgan fingerprint density at radius 1 is 1.00 bits per heavy atom. The molecule has 2 aromatic carbocycles. The zero-order chi connectivity index (χ0) is 21.0. The lowest BCUT2D eigenvalue weighted by Crippen LogP contribution is -2.26. The first kappa shape index (κ1) is 20.3. The van der Waals surface area contributed by atoms with Crippen LogP contribution in [-0.4, -0.2) is 35.2 Å². The minimum atomic E-state index is -0.587. The van der Waals surface area contributed by atoms with Gasteiger partial charge in [-0.05, 0) is 36.4 Å². The largest absolute Gasteiger partial charge is 0.497 e. The van der Waals surface area contributed by atoms with E-state index in [1.54, 1.807) is 50.9 Å². The van der Waals surface area contributed by atoms with Crippen LogP contribution in [0.4, 0.5) is 0 Å². The first-order valence-corrected chi connectivity index (χ1v) is 9.29. The van der Waals surface area contributed by atoms with Gasteiger partial charge >= 0.3 is 5.97 Å². The van der Waals surface area contributed by atoms with Crippen molar-refractivity contribution < 1.29 is 19.1 Å². The summed E-state index contributed by atoms with van der Waals surface area (Å²) in [6, 6.07) is 16.7. The normalized spacial score (nSPS) is 11.2. The van der Waals surface area contributed by atoms with Crippen molar-refractivity contribution in [3.63, 3.8) is 0 Å². The predicted molar refractivity (Wildman–Crippen MR) is 110 cm³/mol. The van der Waals surface area contributed by atoms with Gasteiger partial charge in [-0.25, -0.2) is 9.48 Å². The second-order valence-electron chi connectivity index (χ2n) is 7.65. The Kier molecular flexibility index (Phi) is 5.82. The zero-order valence-corrected chi connectivity index (χ0v) is 17.0. The topological polar surface area (TPSA) is 70.4 Å². The zero-order valence-electron chi connectivity index (χ0n) is 17.0. The number of rotatable bonds is 6. The highest BCUT2D eigenvalue weighted by Gasteiger charge is 2.25. The molecular formula is C23H24N2O4. The van der Waals surface area contributed by atoms with Gasteiger partial charge in [-0.1, -0.05) is 39.0 Å². The highest BCUT2D eigenvalue weighted by atomic mass is 16.5. The lowest BCUT2D eigenvalue weighted by atomic mass is 9.91. The maximum Gasteiger partial charge on any atom is 0.342 e. The second-order valence-corrected chi connectivity index (χ2v) is 7.65. The van der Waals surface area contributed by atoms with Crippen LogP contribution >= 0.6 is 0 Å². The summed E-state index contributed by atoms with van der Waals surface area (Å²) >= 11 is 0. The molecule has 0 radical (unpaired) electrons. The summed E-state index contributed by atoms with van der Waals surface area (Å²) in [4.78, 5) is 24.9. The molecule has 6 heteroatoms. The summed E-state index contributed by atoms with van der Waals surface area (Å²) in [6.07, 6.45) is 1.62. The highest BCUT2D eigenvalue weighted by Crippen LogP contribution is 2.26. The van der Waals surface area contributed by atoms with Gasteiger partial charge in [0.15, 0.2) is 12.4 Å². The van der Waals surface area contributed by atoms with Gasteiger partial charge < -0.3 is 9.47 Å². The van der Waals surface area contributed by atoms with Gasteiger partial charge in [-0.15, -0.1) is 0 Å². The number of ether oxygens (including phenoxy) is 2. The van der Waals surface area contributed by atoms with Gasteiger partial charge in [0.1, 0.15) is 17.0 Å². The molecule has 0 atom stereocenters. The van der Waals surface area contributed by atoms with E-state index in [2.05, 4.69) is 5.10 Å². The van der Waals surface area contributed by atoms with Crippen molar-refractivity contribution >= 4 is 11.8 Å². The number of methoxy groups -OCH3 is 1. The highest BCUT2D eigenvalue weighted by molar-refractivity contribution is 5.97. The second kappa shape index (κ2) is 8.31. The first-order chi connectivity index (χ1) is 13.8. The predicted octanol–water partition coefficient (Wildman–Crippen LogP) is 4.32. The number of aromatic nitrogens is 2. The molecule has 0 unspecified atom stereocenters. The van der Waals surface area contributed by atoms with Crippen LogP contribution in [0.15, 0.2) is 60.8 Å². The molecule has 6 nitrogen and oxygen atoms in total. The Morgan fingerprint density at radius 3 is 2.24 bits per heavy atom. The van der Waals surface area contributed by atoms with Crippen molar-refractivity contribution in [3.05, 3.63) is 66.4 Å². The van der Waals surface area contributed by atoms with Crippen LogP contribution in [0.1, 0.15) is 31.1 Å². The van der Waals surface area contributed by atoms with E-state index in [1.165, 1.54) is 0 Å². The van der Waals surface area contributed by atoms with Gasteiger partial charge in [0, 0.05) is 17.2 Å². The molecule has 0 saturated heterocycles. The third-order valence-corrected chi connectivity index (χ3v) is 4.49. The lowest BCUT2D eigenvalue weighted by Gasteiger charge is -2.16. The number of carbonyl (C=O) groups is 2. The molecule has 0 saturated carbocycles. The van der Waals surface area contributed by atoms with Crippen LogP contribution in [-0.2, 0) is 9.53 Å². The van der Waals surface area contributed by atoms with E-state index in [4.69, 9.17) is 9.47 Å². The minimum absolute atomic E-state index is 0.146. The maximum atomic E-state index is 12.8.